The van der Waals surface area contributed by atoms with Crippen LogP contribution in [-0.2, 0) is 4.79 Å². The van der Waals surface area contributed by atoms with Crippen LogP contribution in [0.15, 0.2) is 59.5 Å². The summed E-state index contributed by atoms with van der Waals surface area (Å²) in [5.74, 6) is -1.25. The van der Waals surface area contributed by atoms with Gasteiger partial charge < -0.3 is 14.4 Å². The molecule has 0 spiro atoms. The van der Waals surface area contributed by atoms with Crippen LogP contribution in [0.25, 0.3) is 11.8 Å². The first-order valence-corrected chi connectivity index (χ1v) is 11.7. The van der Waals surface area contributed by atoms with E-state index in [1.807, 2.05) is 24.5 Å². The van der Waals surface area contributed by atoms with E-state index in [-0.39, 0.29) is 9.88 Å². The lowest BCUT2D eigenvalue weighted by Gasteiger charge is -2.15. The van der Waals surface area contributed by atoms with E-state index in [0.717, 1.165) is 39.4 Å². The number of rotatable bonds is 6. The highest BCUT2D eigenvalue weighted by Crippen LogP contribution is 2.33. The van der Waals surface area contributed by atoms with Crippen molar-refractivity contribution in [2.45, 2.75) is 13.8 Å². The number of benzene rings is 2. The third-order valence-corrected chi connectivity index (χ3v) is 6.79. The van der Waals surface area contributed by atoms with Gasteiger partial charge in [0.2, 0.25) is 0 Å². The minimum Gasteiger partial charge on any atom is -0.497 e. The van der Waals surface area contributed by atoms with Gasteiger partial charge in [0.25, 0.3) is 11.8 Å². The monoisotopic (exact) mass is 507 g/mol. The van der Waals surface area contributed by atoms with Crippen molar-refractivity contribution in [3.8, 4) is 11.4 Å². The van der Waals surface area contributed by atoms with Crippen molar-refractivity contribution < 1.29 is 24.2 Å². The number of aromatic carboxylic acids is 1. The molecule has 8 nitrogen and oxygen atoms in total. The highest BCUT2D eigenvalue weighted by molar-refractivity contribution is 8.26. The SMILES string of the molecule is COc1ccc(C(=O)NN2C(=O)/C(=C\c3cc(C)n(-c4ccc(C(=O)O)cc4)c3C)SC2=S)cc1. The maximum atomic E-state index is 13.0. The fourth-order valence-corrected chi connectivity index (χ4v) is 4.87. The number of nitrogens with one attached hydrogen (secondary N) is 1. The Balaban J connectivity index is 1.56. The van der Waals surface area contributed by atoms with Crippen molar-refractivity contribution in [1.82, 2.24) is 15.0 Å². The fraction of sp³-hybridized carbons (Fsp3) is 0.120. The highest BCUT2D eigenvalue weighted by atomic mass is 32.2. The second kappa shape index (κ2) is 9.77. The van der Waals surface area contributed by atoms with Gasteiger partial charge >= 0.3 is 5.97 Å². The van der Waals surface area contributed by atoms with Crippen LogP contribution in [0.2, 0.25) is 0 Å². The van der Waals surface area contributed by atoms with Crippen molar-refractivity contribution in [2.75, 3.05) is 7.11 Å². The Bertz CT molecular complexity index is 1380. The summed E-state index contributed by atoms with van der Waals surface area (Å²) in [4.78, 5) is 37.1. The van der Waals surface area contributed by atoms with Gasteiger partial charge in [0.15, 0.2) is 4.32 Å². The van der Waals surface area contributed by atoms with Crippen LogP contribution in [0.1, 0.15) is 37.7 Å². The highest BCUT2D eigenvalue weighted by Gasteiger charge is 2.34. The van der Waals surface area contributed by atoms with Gasteiger partial charge in [0, 0.05) is 22.6 Å². The number of ether oxygens (including phenoxy) is 1. The summed E-state index contributed by atoms with van der Waals surface area (Å²) in [5, 5.41) is 10.2. The second-order valence-corrected chi connectivity index (χ2v) is 9.38. The molecule has 178 valence electrons. The summed E-state index contributed by atoms with van der Waals surface area (Å²) in [5.41, 5.74) is 6.55. The standard InChI is InChI=1S/C25H21N3O5S2/c1-14-12-18(15(2)27(14)19-8-4-17(5-9-19)24(31)32)13-21-23(30)28(25(34)35-21)26-22(29)16-6-10-20(33-3)11-7-16/h4-13H,1-3H3,(H,26,29)(H,31,32)/b21-13+. The average molecular weight is 508 g/mol. The summed E-state index contributed by atoms with van der Waals surface area (Å²) in [6.45, 7) is 3.84. The van der Waals surface area contributed by atoms with E-state index >= 15 is 0 Å². The molecule has 0 atom stereocenters. The maximum Gasteiger partial charge on any atom is 0.335 e. The molecular weight excluding hydrogens is 486 g/mol. The van der Waals surface area contributed by atoms with Crippen LogP contribution in [0.3, 0.4) is 0 Å². The molecule has 3 aromatic rings. The van der Waals surface area contributed by atoms with Crippen molar-refractivity contribution in [1.29, 1.82) is 0 Å². The van der Waals surface area contributed by atoms with Crippen molar-refractivity contribution in [3.63, 3.8) is 0 Å². The molecule has 2 amide bonds. The number of hydrogen-bond donors (Lipinski definition) is 2. The maximum absolute atomic E-state index is 13.0. The molecule has 0 bridgehead atoms. The van der Waals surface area contributed by atoms with Crippen LogP contribution >= 0.6 is 24.0 Å². The molecule has 35 heavy (non-hydrogen) atoms. The number of nitrogens with zero attached hydrogens (tertiary/aromatic N) is 2. The predicted octanol–water partition coefficient (Wildman–Crippen LogP) is 4.35. The minimum absolute atomic E-state index is 0.205. The lowest BCUT2D eigenvalue weighted by Crippen LogP contribution is -2.44. The number of methoxy groups -OCH3 is 1. The first-order valence-electron chi connectivity index (χ1n) is 10.4. The molecule has 1 aliphatic rings. The number of aromatic nitrogens is 1. The number of thiocarbonyl (C=S) groups is 1. The van der Waals surface area contributed by atoms with Gasteiger partial charge in [-0.15, -0.1) is 0 Å². The summed E-state index contributed by atoms with van der Waals surface area (Å²) >= 11 is 6.44. The van der Waals surface area contributed by atoms with Gasteiger partial charge in [0.1, 0.15) is 5.75 Å². The Labute approximate surface area is 211 Å². The molecule has 2 heterocycles. The minimum atomic E-state index is -0.987. The molecule has 10 heteroatoms. The van der Waals surface area contributed by atoms with Crippen molar-refractivity contribution in [3.05, 3.63) is 87.6 Å². The third kappa shape index (κ3) is 4.84. The number of hydrogen-bond acceptors (Lipinski definition) is 6. The average Bonchev–Trinajstić information content (AvgIpc) is 3.27. The molecule has 2 aromatic carbocycles. The normalized spacial score (nSPS) is 14.5. The molecular formula is C25H21N3O5S2. The van der Waals surface area contributed by atoms with Gasteiger partial charge in [0.05, 0.1) is 17.6 Å². The third-order valence-electron chi connectivity index (χ3n) is 5.49. The van der Waals surface area contributed by atoms with Crippen LogP contribution in [0, 0.1) is 13.8 Å². The van der Waals surface area contributed by atoms with Crippen LogP contribution < -0.4 is 10.2 Å². The quantitative estimate of drug-likeness (QED) is 0.378. The lowest BCUT2D eigenvalue weighted by atomic mass is 10.2. The number of aryl methyl sites for hydroxylation is 1. The summed E-state index contributed by atoms with van der Waals surface area (Å²) in [6, 6.07) is 15.0. The largest absolute Gasteiger partial charge is 0.497 e. The number of thioether (sulfide) groups is 1. The van der Waals surface area contributed by atoms with E-state index in [2.05, 4.69) is 5.43 Å². The molecule has 1 saturated heterocycles. The van der Waals surface area contributed by atoms with Crippen molar-refractivity contribution >= 4 is 52.2 Å². The summed E-state index contributed by atoms with van der Waals surface area (Å²) in [7, 11) is 1.54. The van der Waals surface area contributed by atoms with Gasteiger partial charge in [-0.05, 0) is 92.3 Å². The zero-order chi connectivity index (χ0) is 25.3. The molecule has 1 aliphatic heterocycles. The van der Waals surface area contributed by atoms with Crippen LogP contribution in [0.4, 0.5) is 0 Å². The van der Waals surface area contributed by atoms with Crippen LogP contribution in [0.5, 0.6) is 5.75 Å². The van der Waals surface area contributed by atoms with Gasteiger partial charge in [-0.2, -0.15) is 5.01 Å². The van der Waals surface area contributed by atoms with E-state index in [9.17, 15) is 14.4 Å². The molecule has 0 radical (unpaired) electrons. The topological polar surface area (TPSA) is 101 Å². The molecule has 0 unspecified atom stereocenters. The summed E-state index contributed by atoms with van der Waals surface area (Å²) < 4.78 is 7.30. The molecule has 1 aromatic heterocycles. The molecule has 4 rings (SSSR count). The zero-order valence-electron chi connectivity index (χ0n) is 19.1. The van der Waals surface area contributed by atoms with E-state index in [4.69, 9.17) is 22.1 Å². The fourth-order valence-electron chi connectivity index (χ4n) is 3.70. The van der Waals surface area contributed by atoms with Crippen molar-refractivity contribution in [2.24, 2.45) is 0 Å². The number of carboxylic acids is 1. The van der Waals surface area contributed by atoms with E-state index < -0.39 is 17.8 Å². The van der Waals surface area contributed by atoms with E-state index in [1.54, 1.807) is 54.6 Å². The summed E-state index contributed by atoms with van der Waals surface area (Å²) in [6.07, 6.45) is 1.74. The molecule has 0 aliphatic carbocycles. The molecule has 0 saturated carbocycles. The number of carbonyl (C=O) groups excluding carboxylic acids is 2. The van der Waals surface area contributed by atoms with Gasteiger partial charge in [-0.25, -0.2) is 4.79 Å². The zero-order valence-corrected chi connectivity index (χ0v) is 20.7. The van der Waals surface area contributed by atoms with Crippen LogP contribution in [-0.4, -0.2) is 43.9 Å². The van der Waals surface area contributed by atoms with Gasteiger partial charge in [-0.3, -0.25) is 15.0 Å². The lowest BCUT2D eigenvalue weighted by molar-refractivity contribution is -0.123. The Morgan fingerprint density at radius 3 is 2.29 bits per heavy atom. The Kier molecular flexibility index (Phi) is 6.77. The Hall–Kier alpha value is -3.89. The second-order valence-electron chi connectivity index (χ2n) is 7.70. The first kappa shape index (κ1) is 24.2. The number of hydrazine groups is 1. The Morgan fingerprint density at radius 1 is 1.06 bits per heavy atom. The Morgan fingerprint density at radius 2 is 1.69 bits per heavy atom. The van der Waals surface area contributed by atoms with E-state index in [1.165, 1.54) is 7.11 Å². The van der Waals surface area contributed by atoms with E-state index in [0.29, 0.717) is 16.2 Å². The molecule has 2 N–H and O–H groups in total. The first-order chi connectivity index (χ1) is 16.7. The number of carbonyl (C=O) groups is 3. The number of carboxylic acid groups (broad SMARTS) is 1. The molecule has 1 fully saturated rings. The smallest absolute Gasteiger partial charge is 0.335 e. The predicted molar refractivity (Wildman–Crippen MR) is 138 cm³/mol. The van der Waals surface area contributed by atoms with Gasteiger partial charge in [-0.1, -0.05) is 11.8 Å². The number of amides is 2.